The van der Waals surface area contributed by atoms with Crippen LogP contribution in [0.2, 0.25) is 0 Å². The first kappa shape index (κ1) is 14.9. The van der Waals surface area contributed by atoms with Crippen LogP contribution in [0.4, 0.5) is 0 Å². The van der Waals surface area contributed by atoms with Crippen LogP contribution in [0.1, 0.15) is 48.2 Å². The van der Waals surface area contributed by atoms with Crippen molar-refractivity contribution >= 4 is 5.78 Å². The van der Waals surface area contributed by atoms with Crippen LogP contribution in [-0.4, -0.2) is 30.3 Å². The lowest BCUT2D eigenvalue weighted by Gasteiger charge is -2.23. The molecule has 1 atom stereocenters. The second-order valence-corrected chi connectivity index (χ2v) is 5.17. The minimum absolute atomic E-state index is 0.0429. The monoisotopic (exact) mass is 247 g/mol. The minimum atomic E-state index is -0.0429. The summed E-state index contributed by atoms with van der Waals surface area (Å²) in [5, 5.41) is 0. The molecule has 0 aliphatic carbocycles. The zero-order valence-electron chi connectivity index (χ0n) is 12.3. The fraction of sp³-hybridized carbons (Fsp3) is 0.562. The summed E-state index contributed by atoms with van der Waals surface area (Å²) < 4.78 is 0. The Balaban J connectivity index is 2.76. The number of hydrogen-bond acceptors (Lipinski definition) is 2. The number of aryl methyl sites for hydroxylation is 2. The first-order valence-corrected chi connectivity index (χ1v) is 6.79. The smallest absolute Gasteiger partial charge is 0.179 e. The van der Waals surface area contributed by atoms with Crippen molar-refractivity contribution in [1.82, 2.24) is 4.90 Å². The molecule has 0 N–H and O–H groups in total. The number of carbonyl (C=O) groups is 1. The van der Waals surface area contributed by atoms with Crippen molar-refractivity contribution in [2.45, 2.75) is 46.6 Å². The van der Waals surface area contributed by atoms with E-state index in [0.717, 1.165) is 24.9 Å². The zero-order chi connectivity index (χ0) is 13.7. The van der Waals surface area contributed by atoms with Crippen molar-refractivity contribution < 1.29 is 4.79 Å². The molecule has 0 aliphatic heterocycles. The Hall–Kier alpha value is -1.15. The first-order valence-electron chi connectivity index (χ1n) is 6.79. The number of hydrogen-bond donors (Lipinski definition) is 0. The van der Waals surface area contributed by atoms with E-state index < -0.39 is 0 Å². The van der Waals surface area contributed by atoms with E-state index in [-0.39, 0.29) is 11.8 Å². The molecule has 0 aromatic heterocycles. The molecule has 2 nitrogen and oxygen atoms in total. The normalized spacial score (nSPS) is 12.8. The van der Waals surface area contributed by atoms with Gasteiger partial charge in [0, 0.05) is 5.56 Å². The number of nitrogens with zero attached hydrogens (tertiary/aromatic N) is 1. The molecule has 0 bridgehead atoms. The van der Waals surface area contributed by atoms with Gasteiger partial charge in [0.2, 0.25) is 0 Å². The van der Waals surface area contributed by atoms with Gasteiger partial charge in [0.05, 0.1) is 6.04 Å². The summed E-state index contributed by atoms with van der Waals surface area (Å²) in [5.74, 6) is 0.219. The lowest BCUT2D eigenvalue weighted by atomic mass is 10.00. The molecule has 0 heterocycles. The summed E-state index contributed by atoms with van der Waals surface area (Å²) in [4.78, 5) is 14.5. The SMILES string of the molecule is CCCCN(C)C(C)C(=O)c1ccc(C)c(C)c1. The van der Waals surface area contributed by atoms with Crippen LogP contribution in [-0.2, 0) is 0 Å². The molecule has 0 fully saturated rings. The predicted octanol–water partition coefficient (Wildman–Crippen LogP) is 3.61. The highest BCUT2D eigenvalue weighted by Crippen LogP contribution is 2.13. The second-order valence-electron chi connectivity index (χ2n) is 5.17. The van der Waals surface area contributed by atoms with Crippen molar-refractivity contribution in [2.24, 2.45) is 0 Å². The van der Waals surface area contributed by atoms with Crippen molar-refractivity contribution in [3.8, 4) is 0 Å². The minimum Gasteiger partial charge on any atom is -0.297 e. The molecular weight excluding hydrogens is 222 g/mol. The number of likely N-dealkylation sites (N-methyl/N-ethyl adjacent to an activating group) is 1. The van der Waals surface area contributed by atoms with E-state index in [4.69, 9.17) is 0 Å². The summed E-state index contributed by atoms with van der Waals surface area (Å²) in [7, 11) is 2.03. The standard InChI is InChI=1S/C16H25NO/c1-6-7-10-17(5)14(4)16(18)15-9-8-12(2)13(3)11-15/h8-9,11,14H,6-7,10H2,1-5H3. The third kappa shape index (κ3) is 3.67. The van der Waals surface area contributed by atoms with Crippen LogP contribution >= 0.6 is 0 Å². The summed E-state index contributed by atoms with van der Waals surface area (Å²) >= 11 is 0. The molecule has 0 saturated heterocycles. The summed E-state index contributed by atoms with van der Waals surface area (Å²) in [6.07, 6.45) is 2.30. The van der Waals surface area contributed by atoms with Gasteiger partial charge in [0.15, 0.2) is 5.78 Å². The number of ketones is 1. The van der Waals surface area contributed by atoms with Crippen LogP contribution in [0.5, 0.6) is 0 Å². The molecular formula is C16H25NO. The van der Waals surface area contributed by atoms with Crippen molar-refractivity contribution in [3.63, 3.8) is 0 Å². The number of rotatable bonds is 6. The number of Topliss-reactive ketones (excluding diaryl/α,β-unsaturated/α-hetero) is 1. The largest absolute Gasteiger partial charge is 0.297 e. The molecule has 1 unspecified atom stereocenters. The highest BCUT2D eigenvalue weighted by Gasteiger charge is 2.19. The van der Waals surface area contributed by atoms with Gasteiger partial charge in [-0.2, -0.15) is 0 Å². The molecule has 0 amide bonds. The fourth-order valence-electron chi connectivity index (χ4n) is 1.94. The average molecular weight is 247 g/mol. The van der Waals surface area contributed by atoms with Gasteiger partial charge in [-0.15, -0.1) is 0 Å². The Morgan fingerprint density at radius 3 is 2.50 bits per heavy atom. The van der Waals surface area contributed by atoms with Gasteiger partial charge in [-0.25, -0.2) is 0 Å². The lowest BCUT2D eigenvalue weighted by molar-refractivity contribution is 0.0867. The number of benzene rings is 1. The van der Waals surface area contributed by atoms with Crippen LogP contribution in [0.3, 0.4) is 0 Å². The molecule has 100 valence electrons. The molecule has 0 aliphatic rings. The molecule has 2 heteroatoms. The van der Waals surface area contributed by atoms with Crippen molar-refractivity contribution in [3.05, 3.63) is 34.9 Å². The van der Waals surface area contributed by atoms with E-state index in [2.05, 4.69) is 25.7 Å². The summed E-state index contributed by atoms with van der Waals surface area (Å²) in [6, 6.07) is 5.93. The maximum absolute atomic E-state index is 12.4. The van der Waals surface area contributed by atoms with Gasteiger partial charge in [-0.3, -0.25) is 9.69 Å². The highest BCUT2D eigenvalue weighted by molar-refractivity contribution is 6.00. The maximum atomic E-state index is 12.4. The first-order chi connectivity index (χ1) is 8.47. The van der Waals surface area contributed by atoms with E-state index in [1.807, 2.05) is 32.2 Å². The fourth-order valence-corrected chi connectivity index (χ4v) is 1.94. The van der Waals surface area contributed by atoms with E-state index in [9.17, 15) is 4.79 Å². The predicted molar refractivity (Wildman–Crippen MR) is 77.2 cm³/mol. The van der Waals surface area contributed by atoms with Crippen molar-refractivity contribution in [2.75, 3.05) is 13.6 Å². The lowest BCUT2D eigenvalue weighted by Crippen LogP contribution is -2.36. The Kier molecular flexibility index (Phi) is 5.54. The Labute approximate surface area is 111 Å². The van der Waals surface area contributed by atoms with Crippen LogP contribution in [0, 0.1) is 13.8 Å². The molecule has 1 rings (SSSR count). The van der Waals surface area contributed by atoms with E-state index in [1.54, 1.807) is 0 Å². The molecule has 18 heavy (non-hydrogen) atoms. The van der Waals surface area contributed by atoms with Gasteiger partial charge in [-0.05, 0) is 58.0 Å². The zero-order valence-corrected chi connectivity index (χ0v) is 12.3. The average Bonchev–Trinajstić information content (AvgIpc) is 2.37. The third-order valence-electron chi connectivity index (χ3n) is 3.70. The topological polar surface area (TPSA) is 20.3 Å². The van der Waals surface area contributed by atoms with Crippen LogP contribution < -0.4 is 0 Å². The molecule has 0 radical (unpaired) electrons. The van der Waals surface area contributed by atoms with E-state index >= 15 is 0 Å². The molecule has 1 aromatic carbocycles. The maximum Gasteiger partial charge on any atom is 0.179 e. The van der Waals surface area contributed by atoms with Gasteiger partial charge in [0.25, 0.3) is 0 Å². The number of unbranched alkanes of at least 4 members (excludes halogenated alkanes) is 1. The van der Waals surface area contributed by atoms with Crippen LogP contribution in [0.15, 0.2) is 18.2 Å². The Bertz CT molecular complexity index is 412. The van der Waals surface area contributed by atoms with Gasteiger partial charge in [0.1, 0.15) is 0 Å². The molecule has 1 aromatic rings. The quantitative estimate of drug-likeness (QED) is 0.716. The van der Waals surface area contributed by atoms with Crippen molar-refractivity contribution in [1.29, 1.82) is 0 Å². The van der Waals surface area contributed by atoms with Gasteiger partial charge in [-0.1, -0.05) is 25.5 Å². The Morgan fingerprint density at radius 1 is 1.28 bits per heavy atom. The van der Waals surface area contributed by atoms with E-state index in [0.29, 0.717) is 0 Å². The molecule has 0 saturated carbocycles. The van der Waals surface area contributed by atoms with E-state index in [1.165, 1.54) is 11.1 Å². The third-order valence-corrected chi connectivity index (χ3v) is 3.70. The second kappa shape index (κ2) is 6.69. The van der Waals surface area contributed by atoms with Gasteiger partial charge >= 0.3 is 0 Å². The highest BCUT2D eigenvalue weighted by atomic mass is 16.1. The Morgan fingerprint density at radius 2 is 1.94 bits per heavy atom. The number of carbonyl (C=O) groups excluding carboxylic acids is 1. The molecule has 0 spiro atoms. The summed E-state index contributed by atoms with van der Waals surface area (Å²) in [5.41, 5.74) is 3.25. The van der Waals surface area contributed by atoms with Crippen LogP contribution in [0.25, 0.3) is 0 Å². The van der Waals surface area contributed by atoms with Gasteiger partial charge < -0.3 is 0 Å². The summed E-state index contributed by atoms with van der Waals surface area (Å²) in [6.45, 7) is 9.27.